The third-order valence-electron chi connectivity index (χ3n) is 4.27. The lowest BCUT2D eigenvalue weighted by Crippen LogP contribution is -2.15. The van der Waals surface area contributed by atoms with Crippen LogP contribution in [0.1, 0.15) is 46.2 Å². The van der Waals surface area contributed by atoms with Crippen LogP contribution in [0.5, 0.6) is 0 Å². The van der Waals surface area contributed by atoms with Crippen LogP contribution >= 0.6 is 0 Å². The van der Waals surface area contributed by atoms with Crippen LogP contribution in [-0.4, -0.2) is 21.2 Å². The fourth-order valence-electron chi connectivity index (χ4n) is 3.20. The predicted octanol–water partition coefficient (Wildman–Crippen LogP) is 3.16. The highest BCUT2D eigenvalue weighted by Gasteiger charge is 2.23. The van der Waals surface area contributed by atoms with E-state index in [1.54, 1.807) is 6.92 Å². The molecule has 0 aliphatic heterocycles. The van der Waals surface area contributed by atoms with Crippen molar-refractivity contribution < 1.29 is 13.9 Å². The summed E-state index contributed by atoms with van der Waals surface area (Å²) in [6.45, 7) is 1.68. The number of fused-ring (bicyclic) bond motifs is 2. The lowest BCUT2D eigenvalue weighted by Gasteiger charge is -2.19. The molecule has 6 nitrogen and oxygen atoms in total. The Labute approximate surface area is 138 Å². The minimum atomic E-state index is -0.359. The van der Waals surface area contributed by atoms with E-state index in [9.17, 15) is 4.79 Å². The minimum Gasteiger partial charge on any atom is -0.452 e. The molecule has 0 amide bonds. The van der Waals surface area contributed by atoms with Crippen LogP contribution < -0.4 is 0 Å². The van der Waals surface area contributed by atoms with Gasteiger partial charge in [-0.1, -0.05) is 18.2 Å². The zero-order chi connectivity index (χ0) is 16.5. The van der Waals surface area contributed by atoms with Crippen molar-refractivity contribution in [1.82, 2.24) is 15.2 Å². The van der Waals surface area contributed by atoms with E-state index in [0.29, 0.717) is 17.3 Å². The molecule has 1 aliphatic rings. The van der Waals surface area contributed by atoms with Gasteiger partial charge in [-0.3, -0.25) is 4.98 Å². The van der Waals surface area contributed by atoms with E-state index in [2.05, 4.69) is 10.2 Å². The number of para-hydroxylation sites is 1. The summed E-state index contributed by atoms with van der Waals surface area (Å²) in [5, 5.41) is 8.43. The van der Waals surface area contributed by atoms with E-state index < -0.39 is 0 Å². The molecular formula is C18H17N3O3. The highest BCUT2D eigenvalue weighted by atomic mass is 16.5. The van der Waals surface area contributed by atoms with E-state index in [1.165, 1.54) is 0 Å². The van der Waals surface area contributed by atoms with Crippen LogP contribution in [0, 0.1) is 6.92 Å². The maximum absolute atomic E-state index is 12.8. The quantitative estimate of drug-likeness (QED) is 0.689. The van der Waals surface area contributed by atoms with E-state index >= 15 is 0 Å². The average molecular weight is 323 g/mol. The van der Waals surface area contributed by atoms with Crippen molar-refractivity contribution in [3.63, 3.8) is 0 Å². The van der Waals surface area contributed by atoms with E-state index in [0.717, 1.165) is 47.8 Å². The van der Waals surface area contributed by atoms with Gasteiger partial charge < -0.3 is 9.15 Å². The third-order valence-corrected chi connectivity index (χ3v) is 4.27. The van der Waals surface area contributed by atoms with Crippen LogP contribution in [-0.2, 0) is 24.2 Å². The van der Waals surface area contributed by atoms with Crippen LogP contribution in [0.3, 0.4) is 0 Å². The van der Waals surface area contributed by atoms with E-state index in [1.807, 2.05) is 24.3 Å². The summed E-state index contributed by atoms with van der Waals surface area (Å²) in [5.74, 6) is 0.392. The first-order valence-corrected chi connectivity index (χ1v) is 8.09. The first-order valence-electron chi connectivity index (χ1n) is 8.09. The number of aromatic nitrogens is 3. The van der Waals surface area contributed by atoms with Crippen molar-refractivity contribution in [3.05, 3.63) is 52.9 Å². The lowest BCUT2D eigenvalue weighted by molar-refractivity contribution is 0.0437. The number of aryl methyl sites for hydroxylation is 2. The number of benzene rings is 1. The number of ether oxygens (including phenoxy) is 1. The average Bonchev–Trinajstić information content (AvgIpc) is 3.03. The summed E-state index contributed by atoms with van der Waals surface area (Å²) in [7, 11) is 0. The highest BCUT2D eigenvalue weighted by Crippen LogP contribution is 2.29. The first kappa shape index (κ1) is 14.8. The largest absolute Gasteiger partial charge is 0.452 e. The second-order valence-corrected chi connectivity index (χ2v) is 5.93. The minimum absolute atomic E-state index is 0.0227. The normalized spacial score (nSPS) is 13.7. The molecule has 0 atom stereocenters. The number of pyridine rings is 1. The molecule has 0 radical (unpaired) electrons. The van der Waals surface area contributed by atoms with Gasteiger partial charge in [-0.2, -0.15) is 0 Å². The SMILES string of the molecule is Cc1nnc(COC(=O)c2c3c(nc4ccccc24)CCCC3)o1. The van der Waals surface area contributed by atoms with Crippen LogP contribution in [0.15, 0.2) is 28.7 Å². The van der Waals surface area contributed by atoms with E-state index in [4.69, 9.17) is 14.1 Å². The summed E-state index contributed by atoms with van der Waals surface area (Å²) in [6, 6.07) is 7.70. The van der Waals surface area contributed by atoms with Gasteiger partial charge in [0.25, 0.3) is 5.89 Å². The molecule has 1 aliphatic carbocycles. The Morgan fingerprint density at radius 3 is 2.88 bits per heavy atom. The van der Waals surface area contributed by atoms with Gasteiger partial charge in [0.2, 0.25) is 5.89 Å². The van der Waals surface area contributed by atoms with E-state index in [-0.39, 0.29) is 12.6 Å². The number of carbonyl (C=O) groups excluding carboxylic acids is 1. The maximum Gasteiger partial charge on any atom is 0.339 e. The summed E-state index contributed by atoms with van der Waals surface area (Å²) in [4.78, 5) is 17.5. The van der Waals surface area contributed by atoms with Crippen LogP contribution in [0.2, 0.25) is 0 Å². The number of rotatable bonds is 3. The zero-order valence-electron chi connectivity index (χ0n) is 13.4. The Morgan fingerprint density at radius 1 is 1.21 bits per heavy atom. The Kier molecular flexibility index (Phi) is 3.72. The zero-order valence-corrected chi connectivity index (χ0v) is 13.4. The topological polar surface area (TPSA) is 78.1 Å². The number of carbonyl (C=O) groups is 1. The highest BCUT2D eigenvalue weighted by molar-refractivity contribution is 6.05. The lowest BCUT2D eigenvalue weighted by atomic mass is 9.90. The van der Waals surface area contributed by atoms with Gasteiger partial charge >= 0.3 is 5.97 Å². The molecular weight excluding hydrogens is 306 g/mol. The molecule has 4 rings (SSSR count). The molecule has 0 spiro atoms. The Balaban J connectivity index is 1.72. The van der Waals surface area contributed by atoms with Crippen LogP contribution in [0.25, 0.3) is 10.9 Å². The second kappa shape index (κ2) is 6.03. The number of hydrogen-bond acceptors (Lipinski definition) is 6. The molecule has 122 valence electrons. The van der Waals surface area contributed by atoms with Gasteiger partial charge in [-0.25, -0.2) is 4.79 Å². The van der Waals surface area contributed by atoms with Crippen molar-refractivity contribution in [3.8, 4) is 0 Å². The van der Waals surface area contributed by atoms with Gasteiger partial charge in [0, 0.05) is 18.0 Å². The molecule has 0 saturated carbocycles. The van der Waals surface area contributed by atoms with Gasteiger partial charge in [-0.05, 0) is 37.3 Å². The fraction of sp³-hybridized carbons (Fsp3) is 0.333. The summed E-state index contributed by atoms with van der Waals surface area (Å²) in [5.41, 5.74) is 3.50. The smallest absolute Gasteiger partial charge is 0.339 e. The fourth-order valence-corrected chi connectivity index (χ4v) is 3.20. The van der Waals surface area contributed by atoms with Crippen molar-refractivity contribution in [2.75, 3.05) is 0 Å². The molecule has 0 saturated heterocycles. The van der Waals surface area contributed by atoms with Gasteiger partial charge in [0.15, 0.2) is 6.61 Å². The Bertz CT molecular complexity index is 917. The standard InChI is InChI=1S/C18H17N3O3/c1-11-20-21-16(24-11)10-23-18(22)17-12-6-2-4-8-14(12)19-15-9-5-3-7-13(15)17/h2,4,6,8H,3,5,7,9-10H2,1H3. The van der Waals surface area contributed by atoms with Gasteiger partial charge in [0.1, 0.15) is 0 Å². The Morgan fingerprint density at radius 2 is 2.04 bits per heavy atom. The summed E-state index contributed by atoms with van der Waals surface area (Å²) >= 11 is 0. The van der Waals surface area contributed by atoms with Crippen molar-refractivity contribution in [1.29, 1.82) is 0 Å². The molecule has 3 aromatic rings. The molecule has 0 N–H and O–H groups in total. The molecule has 0 unspecified atom stereocenters. The molecule has 24 heavy (non-hydrogen) atoms. The molecule has 0 bridgehead atoms. The van der Waals surface area contributed by atoms with Crippen LogP contribution in [0.4, 0.5) is 0 Å². The molecule has 2 heterocycles. The number of hydrogen-bond donors (Lipinski definition) is 0. The molecule has 6 heteroatoms. The maximum atomic E-state index is 12.8. The first-order chi connectivity index (χ1) is 11.7. The summed E-state index contributed by atoms with van der Waals surface area (Å²) < 4.78 is 10.7. The van der Waals surface area contributed by atoms with Crippen molar-refractivity contribution in [2.45, 2.75) is 39.2 Å². The van der Waals surface area contributed by atoms with Gasteiger partial charge in [-0.15, -0.1) is 10.2 Å². The second-order valence-electron chi connectivity index (χ2n) is 5.93. The Hall–Kier alpha value is -2.76. The predicted molar refractivity (Wildman–Crippen MR) is 86.5 cm³/mol. The third kappa shape index (κ3) is 2.64. The number of nitrogens with zero attached hydrogens (tertiary/aromatic N) is 3. The summed E-state index contributed by atoms with van der Waals surface area (Å²) in [6.07, 6.45) is 3.94. The van der Waals surface area contributed by atoms with Gasteiger partial charge in [0.05, 0.1) is 11.1 Å². The molecule has 0 fully saturated rings. The molecule has 1 aromatic carbocycles. The number of esters is 1. The van der Waals surface area contributed by atoms with Crippen molar-refractivity contribution >= 4 is 16.9 Å². The monoisotopic (exact) mass is 323 g/mol. The molecule has 2 aromatic heterocycles. The van der Waals surface area contributed by atoms with Crippen molar-refractivity contribution in [2.24, 2.45) is 0 Å².